The molecule has 0 fully saturated rings. The Morgan fingerprint density at radius 1 is 1.33 bits per heavy atom. The van der Waals surface area contributed by atoms with E-state index < -0.39 is 15.8 Å². The van der Waals surface area contributed by atoms with Crippen molar-refractivity contribution in [1.29, 1.82) is 0 Å². The molecule has 6 heteroatoms. The van der Waals surface area contributed by atoms with Gasteiger partial charge in [0.25, 0.3) is 0 Å². The molecule has 4 nitrogen and oxygen atoms in total. The van der Waals surface area contributed by atoms with E-state index in [-0.39, 0.29) is 22.4 Å². The maximum absolute atomic E-state index is 13.9. The second kappa shape index (κ2) is 6.56. The molecule has 1 rings (SSSR count). The van der Waals surface area contributed by atoms with Crippen LogP contribution in [0.4, 0.5) is 4.39 Å². The van der Waals surface area contributed by atoms with Crippen molar-refractivity contribution in [1.82, 2.24) is 4.31 Å². The third kappa shape index (κ3) is 4.81. The fourth-order valence-corrected chi connectivity index (χ4v) is 3.25. The highest BCUT2D eigenvalue weighted by Crippen LogP contribution is 2.22. The van der Waals surface area contributed by atoms with E-state index in [4.69, 9.17) is 5.73 Å². The van der Waals surface area contributed by atoms with Crippen LogP contribution in [0.15, 0.2) is 23.1 Å². The van der Waals surface area contributed by atoms with Gasteiger partial charge in [-0.3, -0.25) is 0 Å². The molecule has 0 aliphatic rings. The molecule has 1 aromatic carbocycles. The third-order valence-electron chi connectivity index (χ3n) is 2.67. The lowest BCUT2D eigenvalue weighted by atomic mass is 9.97. The summed E-state index contributed by atoms with van der Waals surface area (Å²) in [6, 6.07) is 3.71. The summed E-state index contributed by atoms with van der Waals surface area (Å²) in [6.45, 7) is 6.26. The Balaban J connectivity index is 3.13. The predicted molar refractivity (Wildman–Crippen MR) is 81.6 cm³/mol. The molecule has 1 aromatic rings. The summed E-state index contributed by atoms with van der Waals surface area (Å²) in [4.78, 5) is -0.0787. The van der Waals surface area contributed by atoms with Crippen LogP contribution in [0.1, 0.15) is 26.3 Å². The fourth-order valence-electron chi connectivity index (χ4n) is 1.84. The Kier molecular flexibility index (Phi) is 5.51. The van der Waals surface area contributed by atoms with E-state index in [2.05, 4.69) is 11.8 Å². The van der Waals surface area contributed by atoms with Gasteiger partial charge < -0.3 is 5.73 Å². The monoisotopic (exact) mass is 312 g/mol. The maximum atomic E-state index is 13.9. The Bertz CT molecular complexity index is 667. The molecular formula is C15H21FN2O2S. The number of halogens is 1. The summed E-state index contributed by atoms with van der Waals surface area (Å²) < 4.78 is 39.9. The zero-order valence-electron chi connectivity index (χ0n) is 12.8. The molecule has 0 aliphatic heterocycles. The van der Waals surface area contributed by atoms with Crippen molar-refractivity contribution in [3.8, 4) is 11.8 Å². The molecule has 0 amide bonds. The van der Waals surface area contributed by atoms with Crippen LogP contribution in [0.25, 0.3) is 0 Å². The second-order valence-electron chi connectivity index (χ2n) is 5.97. The van der Waals surface area contributed by atoms with Crippen LogP contribution in [-0.4, -0.2) is 32.9 Å². The van der Waals surface area contributed by atoms with Gasteiger partial charge in [0.05, 0.1) is 17.0 Å². The van der Waals surface area contributed by atoms with Crippen LogP contribution < -0.4 is 5.73 Å². The molecule has 116 valence electrons. The van der Waals surface area contributed by atoms with Crippen molar-refractivity contribution >= 4 is 10.0 Å². The van der Waals surface area contributed by atoms with Crippen LogP contribution in [0.2, 0.25) is 0 Å². The number of nitrogens with two attached hydrogens (primary N) is 1. The van der Waals surface area contributed by atoms with Gasteiger partial charge in [-0.1, -0.05) is 32.6 Å². The number of nitrogens with zero attached hydrogens (tertiary/aromatic N) is 1. The van der Waals surface area contributed by atoms with Crippen molar-refractivity contribution in [2.75, 3.05) is 20.1 Å². The Morgan fingerprint density at radius 2 is 1.95 bits per heavy atom. The van der Waals surface area contributed by atoms with Gasteiger partial charge >= 0.3 is 0 Å². The molecule has 0 heterocycles. The number of hydrogen-bond acceptors (Lipinski definition) is 3. The largest absolute Gasteiger partial charge is 0.320 e. The van der Waals surface area contributed by atoms with E-state index in [0.717, 1.165) is 6.07 Å². The van der Waals surface area contributed by atoms with Crippen LogP contribution in [0, 0.1) is 23.1 Å². The zero-order chi connectivity index (χ0) is 16.3. The topological polar surface area (TPSA) is 63.4 Å². The first-order valence-corrected chi connectivity index (χ1v) is 7.97. The van der Waals surface area contributed by atoms with E-state index in [1.807, 2.05) is 20.8 Å². The van der Waals surface area contributed by atoms with Crippen LogP contribution in [0.5, 0.6) is 0 Å². The first kappa shape index (κ1) is 17.6. The van der Waals surface area contributed by atoms with Crippen molar-refractivity contribution < 1.29 is 12.8 Å². The highest BCUT2D eigenvalue weighted by Gasteiger charge is 2.25. The van der Waals surface area contributed by atoms with Crippen molar-refractivity contribution in [2.45, 2.75) is 25.7 Å². The molecule has 0 aliphatic carbocycles. The van der Waals surface area contributed by atoms with Gasteiger partial charge in [-0.05, 0) is 23.6 Å². The third-order valence-corrected chi connectivity index (χ3v) is 4.47. The summed E-state index contributed by atoms with van der Waals surface area (Å²) in [7, 11) is -2.22. The summed E-state index contributed by atoms with van der Waals surface area (Å²) in [6.07, 6.45) is 0. The van der Waals surface area contributed by atoms with Gasteiger partial charge in [-0.2, -0.15) is 0 Å². The molecule has 0 saturated carbocycles. The van der Waals surface area contributed by atoms with E-state index in [1.54, 1.807) is 0 Å². The molecule has 0 spiro atoms. The molecule has 0 atom stereocenters. The van der Waals surface area contributed by atoms with Gasteiger partial charge in [0.1, 0.15) is 5.82 Å². The molecule has 0 unspecified atom stereocenters. The van der Waals surface area contributed by atoms with Gasteiger partial charge in [0.15, 0.2) is 0 Å². The van der Waals surface area contributed by atoms with E-state index in [0.29, 0.717) is 6.54 Å². The minimum absolute atomic E-state index is 0.0787. The SMILES string of the molecule is CN(CC(C)(C)C)S(=O)(=O)c1ccc(C#CCN)c(F)c1. The van der Waals surface area contributed by atoms with Gasteiger partial charge in [-0.15, -0.1) is 0 Å². The standard InChI is InChI=1S/C15H21FN2O2S/c1-15(2,3)11-18(4)21(19,20)13-8-7-12(6-5-9-17)14(16)10-13/h7-8,10H,9,11,17H2,1-4H3. The van der Waals surface area contributed by atoms with Gasteiger partial charge in [0, 0.05) is 13.6 Å². The van der Waals surface area contributed by atoms with Gasteiger partial charge in [0.2, 0.25) is 10.0 Å². The minimum atomic E-state index is -3.71. The van der Waals surface area contributed by atoms with Crippen molar-refractivity contribution in [3.63, 3.8) is 0 Å². The number of rotatable bonds is 3. The summed E-state index contributed by atoms with van der Waals surface area (Å²) in [5, 5.41) is 0. The van der Waals surface area contributed by atoms with Crippen LogP contribution in [0.3, 0.4) is 0 Å². The number of hydrogen-bond donors (Lipinski definition) is 1. The number of sulfonamides is 1. The first-order chi connectivity index (χ1) is 9.58. The normalized spacial score (nSPS) is 12.1. The molecule has 0 radical (unpaired) electrons. The maximum Gasteiger partial charge on any atom is 0.242 e. The van der Waals surface area contributed by atoms with Crippen LogP contribution >= 0.6 is 0 Å². The summed E-state index contributed by atoms with van der Waals surface area (Å²) >= 11 is 0. The second-order valence-corrected chi connectivity index (χ2v) is 8.01. The molecule has 0 bridgehead atoms. The van der Waals surface area contributed by atoms with Crippen molar-refractivity contribution in [3.05, 3.63) is 29.6 Å². The number of benzene rings is 1. The molecule has 2 N–H and O–H groups in total. The summed E-state index contributed by atoms with van der Waals surface area (Å²) in [5.41, 5.74) is 5.17. The average molecular weight is 312 g/mol. The smallest absolute Gasteiger partial charge is 0.242 e. The Morgan fingerprint density at radius 3 is 2.43 bits per heavy atom. The van der Waals surface area contributed by atoms with Crippen molar-refractivity contribution in [2.24, 2.45) is 11.1 Å². The lowest BCUT2D eigenvalue weighted by Gasteiger charge is -2.26. The lowest BCUT2D eigenvalue weighted by Crippen LogP contribution is -2.34. The molecule has 0 aromatic heterocycles. The predicted octanol–water partition coefficient (Wildman–Crippen LogP) is 1.80. The highest BCUT2D eigenvalue weighted by molar-refractivity contribution is 7.89. The molecule has 0 saturated heterocycles. The van der Waals surface area contributed by atoms with E-state index in [9.17, 15) is 12.8 Å². The minimum Gasteiger partial charge on any atom is -0.320 e. The van der Waals surface area contributed by atoms with Gasteiger partial charge in [-0.25, -0.2) is 17.1 Å². The fraction of sp³-hybridized carbons (Fsp3) is 0.467. The molecule has 21 heavy (non-hydrogen) atoms. The highest BCUT2D eigenvalue weighted by atomic mass is 32.2. The van der Waals surface area contributed by atoms with E-state index in [1.165, 1.54) is 23.5 Å². The lowest BCUT2D eigenvalue weighted by molar-refractivity contribution is 0.310. The quantitative estimate of drug-likeness (QED) is 0.866. The first-order valence-electron chi connectivity index (χ1n) is 6.53. The van der Waals surface area contributed by atoms with Crippen LogP contribution in [-0.2, 0) is 10.0 Å². The van der Waals surface area contributed by atoms with E-state index >= 15 is 0 Å². The molecular weight excluding hydrogens is 291 g/mol. The Hall–Kier alpha value is -1.42. The zero-order valence-corrected chi connectivity index (χ0v) is 13.6. The average Bonchev–Trinajstić information content (AvgIpc) is 2.35. The Labute approximate surface area is 126 Å². The summed E-state index contributed by atoms with van der Waals surface area (Å²) in [5.74, 6) is 4.43.